The molecule has 0 aliphatic carbocycles. The van der Waals surface area contributed by atoms with Gasteiger partial charge in [0.25, 0.3) is 0 Å². The van der Waals surface area contributed by atoms with E-state index in [0.717, 1.165) is 18.5 Å². The van der Waals surface area contributed by atoms with Crippen LogP contribution in [0.1, 0.15) is 12.0 Å². The summed E-state index contributed by atoms with van der Waals surface area (Å²) in [4.78, 5) is 18.6. The molecule has 2 heterocycles. The third-order valence-electron chi connectivity index (χ3n) is 2.66. The quantitative estimate of drug-likeness (QED) is 0.734. The fourth-order valence-electron chi connectivity index (χ4n) is 1.92. The maximum Gasteiger partial charge on any atom is 0.320 e. The van der Waals surface area contributed by atoms with Crippen LogP contribution in [0.15, 0.2) is 18.7 Å². The number of carboxylic acid groups (broad SMARTS) is 1. The molecule has 0 radical (unpaired) electrons. The molecule has 1 aliphatic rings. The fraction of sp³-hybridized carbons (Fsp3) is 0.500. The predicted molar refractivity (Wildman–Crippen MR) is 53.3 cm³/mol. The van der Waals surface area contributed by atoms with Gasteiger partial charge in [-0.3, -0.25) is 4.79 Å². The highest BCUT2D eigenvalue weighted by Gasteiger charge is 2.28. The van der Waals surface area contributed by atoms with Crippen LogP contribution in [-0.2, 0) is 11.2 Å². The van der Waals surface area contributed by atoms with Crippen molar-refractivity contribution in [1.29, 1.82) is 0 Å². The molecule has 2 atom stereocenters. The van der Waals surface area contributed by atoms with Gasteiger partial charge in [-0.2, -0.15) is 0 Å². The predicted octanol–water partition coefficient (Wildman–Crippen LogP) is 0.0818. The van der Waals surface area contributed by atoms with Gasteiger partial charge >= 0.3 is 5.97 Å². The lowest BCUT2D eigenvalue weighted by molar-refractivity contribution is -0.139. The molecule has 0 amide bonds. The van der Waals surface area contributed by atoms with Gasteiger partial charge < -0.3 is 10.4 Å². The van der Waals surface area contributed by atoms with Crippen molar-refractivity contribution in [3.8, 4) is 0 Å². The van der Waals surface area contributed by atoms with Crippen LogP contribution in [0, 0.1) is 5.92 Å². The van der Waals surface area contributed by atoms with E-state index >= 15 is 0 Å². The largest absolute Gasteiger partial charge is 0.480 e. The molecule has 2 N–H and O–H groups in total. The molecule has 0 spiro atoms. The Balaban J connectivity index is 1.90. The van der Waals surface area contributed by atoms with Crippen LogP contribution in [0.4, 0.5) is 0 Å². The summed E-state index contributed by atoms with van der Waals surface area (Å²) < 4.78 is 0. The Morgan fingerprint density at radius 1 is 1.53 bits per heavy atom. The van der Waals surface area contributed by atoms with Gasteiger partial charge in [-0.15, -0.1) is 0 Å². The molecule has 0 aromatic carbocycles. The average Bonchev–Trinajstić information content (AvgIpc) is 2.68. The Morgan fingerprint density at radius 2 is 2.27 bits per heavy atom. The molecule has 1 fully saturated rings. The van der Waals surface area contributed by atoms with Gasteiger partial charge in [0.1, 0.15) is 12.4 Å². The number of rotatable bonds is 3. The maximum atomic E-state index is 10.7. The second-order valence-electron chi connectivity index (χ2n) is 3.85. The van der Waals surface area contributed by atoms with E-state index in [1.54, 1.807) is 12.4 Å². The molecule has 5 heteroatoms. The first kappa shape index (κ1) is 10.0. The van der Waals surface area contributed by atoms with Crippen LogP contribution in [0.25, 0.3) is 0 Å². The van der Waals surface area contributed by atoms with Gasteiger partial charge in [-0.25, -0.2) is 9.97 Å². The topological polar surface area (TPSA) is 75.1 Å². The molecule has 80 valence electrons. The standard InChI is InChI=1S/C10H13N3O2/c14-10(15)9-2-7(5-13-9)1-8-3-11-6-12-4-8/h3-4,6-7,9,13H,1-2,5H2,(H,14,15)/t7-,9+/m1/s1. The van der Waals surface area contributed by atoms with Gasteiger partial charge in [-0.1, -0.05) is 0 Å². The summed E-state index contributed by atoms with van der Waals surface area (Å²) in [6.45, 7) is 0.756. The van der Waals surface area contributed by atoms with E-state index in [0.29, 0.717) is 12.3 Å². The summed E-state index contributed by atoms with van der Waals surface area (Å²) in [6, 6.07) is -0.389. The Labute approximate surface area is 87.6 Å². The highest BCUT2D eigenvalue weighted by Crippen LogP contribution is 2.18. The van der Waals surface area contributed by atoms with E-state index in [-0.39, 0.29) is 6.04 Å². The number of nitrogens with zero attached hydrogens (tertiary/aromatic N) is 2. The first-order valence-corrected chi connectivity index (χ1v) is 4.96. The van der Waals surface area contributed by atoms with Crippen molar-refractivity contribution in [3.63, 3.8) is 0 Å². The molecule has 0 saturated carbocycles. The lowest BCUT2D eigenvalue weighted by Crippen LogP contribution is -2.29. The van der Waals surface area contributed by atoms with Crippen LogP contribution < -0.4 is 5.32 Å². The first-order chi connectivity index (χ1) is 7.25. The molecule has 15 heavy (non-hydrogen) atoms. The summed E-state index contributed by atoms with van der Waals surface area (Å²) in [5.74, 6) is -0.390. The summed E-state index contributed by atoms with van der Waals surface area (Å²) in [6.07, 6.45) is 6.58. The molecule has 1 aromatic rings. The fourth-order valence-corrected chi connectivity index (χ4v) is 1.92. The normalized spacial score (nSPS) is 25.3. The van der Waals surface area contributed by atoms with Crippen molar-refractivity contribution in [2.45, 2.75) is 18.9 Å². The van der Waals surface area contributed by atoms with E-state index in [9.17, 15) is 4.79 Å². The Morgan fingerprint density at radius 3 is 2.87 bits per heavy atom. The third kappa shape index (κ3) is 2.50. The summed E-state index contributed by atoms with van der Waals surface area (Å²) >= 11 is 0. The van der Waals surface area contributed by atoms with Crippen molar-refractivity contribution in [3.05, 3.63) is 24.3 Å². The number of nitrogens with one attached hydrogen (secondary N) is 1. The minimum Gasteiger partial charge on any atom is -0.480 e. The van der Waals surface area contributed by atoms with Crippen LogP contribution in [-0.4, -0.2) is 33.6 Å². The van der Waals surface area contributed by atoms with Gasteiger partial charge in [-0.05, 0) is 30.9 Å². The van der Waals surface area contributed by atoms with Crippen molar-refractivity contribution >= 4 is 5.97 Å². The molecular formula is C10H13N3O2. The zero-order valence-electron chi connectivity index (χ0n) is 8.26. The zero-order valence-corrected chi connectivity index (χ0v) is 8.26. The Bertz CT molecular complexity index is 342. The monoisotopic (exact) mass is 207 g/mol. The molecule has 0 unspecified atom stereocenters. The van der Waals surface area contributed by atoms with Crippen molar-refractivity contribution in [1.82, 2.24) is 15.3 Å². The molecule has 1 aromatic heterocycles. The second kappa shape index (κ2) is 4.35. The Hall–Kier alpha value is -1.49. The maximum absolute atomic E-state index is 10.7. The smallest absolute Gasteiger partial charge is 0.320 e. The number of carboxylic acids is 1. The van der Waals surface area contributed by atoms with Crippen LogP contribution in [0.5, 0.6) is 0 Å². The molecular weight excluding hydrogens is 194 g/mol. The van der Waals surface area contributed by atoms with Gasteiger partial charge in [0.05, 0.1) is 0 Å². The van der Waals surface area contributed by atoms with Gasteiger partial charge in [0, 0.05) is 12.4 Å². The third-order valence-corrected chi connectivity index (χ3v) is 2.66. The minimum absolute atomic E-state index is 0.372. The van der Waals surface area contributed by atoms with E-state index in [1.807, 2.05) is 0 Å². The lowest BCUT2D eigenvalue weighted by atomic mass is 9.98. The SMILES string of the molecule is O=C(O)[C@@H]1C[C@@H](Cc2cncnc2)CN1. The highest BCUT2D eigenvalue weighted by atomic mass is 16.4. The first-order valence-electron chi connectivity index (χ1n) is 4.96. The molecule has 2 rings (SSSR count). The van der Waals surface area contributed by atoms with Crippen LogP contribution >= 0.6 is 0 Å². The molecule has 1 saturated heterocycles. The average molecular weight is 207 g/mol. The van der Waals surface area contributed by atoms with E-state index in [4.69, 9.17) is 5.11 Å². The number of carbonyl (C=O) groups is 1. The molecule has 1 aliphatic heterocycles. The van der Waals surface area contributed by atoms with Crippen molar-refractivity contribution in [2.75, 3.05) is 6.54 Å². The van der Waals surface area contributed by atoms with Crippen molar-refractivity contribution < 1.29 is 9.90 Å². The molecule has 0 bridgehead atoms. The number of aromatic nitrogens is 2. The van der Waals surface area contributed by atoms with Crippen LogP contribution in [0.2, 0.25) is 0 Å². The minimum atomic E-state index is -0.762. The van der Waals surface area contributed by atoms with Crippen LogP contribution in [0.3, 0.4) is 0 Å². The summed E-state index contributed by atoms with van der Waals surface area (Å²) in [5.41, 5.74) is 1.07. The highest BCUT2D eigenvalue weighted by molar-refractivity contribution is 5.73. The zero-order chi connectivity index (χ0) is 10.7. The number of aliphatic carboxylic acids is 1. The molecule has 5 nitrogen and oxygen atoms in total. The summed E-state index contributed by atoms with van der Waals surface area (Å²) in [7, 11) is 0. The number of hydrogen-bond acceptors (Lipinski definition) is 4. The Kier molecular flexibility index (Phi) is 2.91. The van der Waals surface area contributed by atoms with E-state index in [2.05, 4.69) is 15.3 Å². The van der Waals surface area contributed by atoms with E-state index in [1.165, 1.54) is 6.33 Å². The summed E-state index contributed by atoms with van der Waals surface area (Å²) in [5, 5.41) is 11.8. The second-order valence-corrected chi connectivity index (χ2v) is 3.85. The van der Waals surface area contributed by atoms with Crippen molar-refractivity contribution in [2.24, 2.45) is 5.92 Å². The lowest BCUT2D eigenvalue weighted by Gasteiger charge is -2.06. The number of hydrogen-bond donors (Lipinski definition) is 2. The van der Waals surface area contributed by atoms with Gasteiger partial charge in [0.2, 0.25) is 0 Å². The van der Waals surface area contributed by atoms with Gasteiger partial charge in [0.15, 0.2) is 0 Å². The van der Waals surface area contributed by atoms with E-state index < -0.39 is 5.97 Å².